The highest BCUT2D eigenvalue weighted by molar-refractivity contribution is 5.98. The Bertz CT molecular complexity index is 1890. The summed E-state index contributed by atoms with van der Waals surface area (Å²) in [5, 5.41) is 2.58. The van der Waals surface area contributed by atoms with Gasteiger partial charge in [-0.25, -0.2) is 4.98 Å². The lowest BCUT2D eigenvalue weighted by Crippen LogP contribution is -2.38. The van der Waals surface area contributed by atoms with Crippen molar-refractivity contribution in [2.24, 2.45) is 0 Å². The highest BCUT2D eigenvalue weighted by Crippen LogP contribution is 2.30. The number of aryl methyl sites for hydroxylation is 1. The molecule has 2 heterocycles. The van der Waals surface area contributed by atoms with Crippen LogP contribution in [0.15, 0.2) is 119 Å². The lowest BCUT2D eigenvalue weighted by molar-refractivity contribution is 0.0624. The van der Waals surface area contributed by atoms with E-state index < -0.39 is 6.04 Å². The molecule has 0 spiro atoms. The van der Waals surface area contributed by atoms with Gasteiger partial charge in [0, 0.05) is 5.56 Å². The van der Waals surface area contributed by atoms with Crippen molar-refractivity contribution in [2.75, 3.05) is 0 Å². The van der Waals surface area contributed by atoms with Gasteiger partial charge in [-0.3, -0.25) is 14.2 Å². The van der Waals surface area contributed by atoms with Crippen molar-refractivity contribution in [2.45, 2.75) is 39.3 Å². The molecular weight excluding hydrogens is 510 g/mol. The second kappa shape index (κ2) is 11.3. The van der Waals surface area contributed by atoms with Gasteiger partial charge in [0.2, 0.25) is 0 Å². The Hall–Kier alpha value is -4.97. The second-order valence-electron chi connectivity index (χ2n) is 10.1. The zero-order valence-electron chi connectivity index (χ0n) is 23.2. The van der Waals surface area contributed by atoms with Crippen molar-refractivity contribution >= 4 is 27.6 Å². The van der Waals surface area contributed by atoms with Crippen LogP contribution in [0.5, 0.6) is 0 Å². The molecule has 1 unspecified atom stereocenters. The molecule has 2 aromatic heterocycles. The van der Waals surface area contributed by atoms with Gasteiger partial charge in [-0.2, -0.15) is 0 Å². The molecule has 6 rings (SSSR count). The van der Waals surface area contributed by atoms with Crippen LogP contribution in [0.25, 0.3) is 27.4 Å². The van der Waals surface area contributed by atoms with Gasteiger partial charge >= 0.3 is 0 Å². The third-order valence-electron chi connectivity index (χ3n) is 7.63. The first-order valence-corrected chi connectivity index (χ1v) is 14.0. The van der Waals surface area contributed by atoms with E-state index in [1.165, 1.54) is 5.56 Å². The molecule has 6 nitrogen and oxygen atoms in total. The van der Waals surface area contributed by atoms with Crippen LogP contribution in [-0.4, -0.2) is 20.4 Å². The van der Waals surface area contributed by atoms with Gasteiger partial charge in [0.15, 0.2) is 0 Å². The minimum atomic E-state index is -0.512. The van der Waals surface area contributed by atoms with Crippen molar-refractivity contribution in [1.29, 1.82) is 0 Å². The van der Waals surface area contributed by atoms with E-state index in [1.807, 2.05) is 104 Å². The van der Waals surface area contributed by atoms with E-state index in [-0.39, 0.29) is 18.0 Å². The molecule has 0 saturated carbocycles. The molecule has 0 aliphatic carbocycles. The minimum absolute atomic E-state index is 0.158. The summed E-state index contributed by atoms with van der Waals surface area (Å²) in [6.45, 7) is 4.34. The number of rotatable bonds is 8. The Labute approximate surface area is 238 Å². The van der Waals surface area contributed by atoms with E-state index in [2.05, 4.69) is 6.92 Å². The summed E-state index contributed by atoms with van der Waals surface area (Å²) in [6.07, 6.45) is 3.04. The molecule has 1 atom stereocenters. The van der Waals surface area contributed by atoms with E-state index in [0.29, 0.717) is 34.5 Å². The number of carbonyl (C=O) groups is 1. The van der Waals surface area contributed by atoms with Crippen LogP contribution in [0.3, 0.4) is 0 Å². The second-order valence-corrected chi connectivity index (χ2v) is 10.1. The molecular formula is C35H31N3O3. The highest BCUT2D eigenvalue weighted by Gasteiger charge is 2.30. The first kappa shape index (κ1) is 26.3. The maximum Gasteiger partial charge on any atom is 0.266 e. The fourth-order valence-electron chi connectivity index (χ4n) is 5.43. The van der Waals surface area contributed by atoms with Crippen LogP contribution < -0.4 is 5.56 Å². The SMILES string of the molecule is CCc1ccc(-n2c(C(CC)N(Cc3ccco3)C(=O)c3ccc4ccccc4c3)nc3ccccc3c2=O)cc1. The highest BCUT2D eigenvalue weighted by atomic mass is 16.3. The maximum atomic E-state index is 14.3. The van der Waals surface area contributed by atoms with Crippen LogP contribution in [-0.2, 0) is 13.0 Å². The van der Waals surface area contributed by atoms with Gasteiger partial charge in [0.05, 0.1) is 35.4 Å². The van der Waals surface area contributed by atoms with Crippen molar-refractivity contribution in [3.8, 4) is 5.69 Å². The molecule has 6 heteroatoms. The fourth-order valence-corrected chi connectivity index (χ4v) is 5.43. The van der Waals surface area contributed by atoms with Crippen molar-refractivity contribution < 1.29 is 9.21 Å². The molecule has 0 N–H and O–H groups in total. The first-order valence-electron chi connectivity index (χ1n) is 14.0. The third kappa shape index (κ3) is 5.05. The van der Waals surface area contributed by atoms with Crippen molar-refractivity contribution in [3.63, 3.8) is 0 Å². The van der Waals surface area contributed by atoms with Gasteiger partial charge in [0.25, 0.3) is 11.5 Å². The van der Waals surface area contributed by atoms with Crippen LogP contribution in [0.2, 0.25) is 0 Å². The summed E-state index contributed by atoms with van der Waals surface area (Å²) in [7, 11) is 0. The van der Waals surface area contributed by atoms with Gasteiger partial charge < -0.3 is 9.32 Å². The monoisotopic (exact) mass is 541 g/mol. The number of para-hydroxylation sites is 1. The lowest BCUT2D eigenvalue weighted by Gasteiger charge is -2.32. The number of nitrogens with zero attached hydrogens (tertiary/aromatic N) is 3. The number of furan rings is 1. The smallest absolute Gasteiger partial charge is 0.266 e. The first-order chi connectivity index (χ1) is 20.1. The summed E-state index contributed by atoms with van der Waals surface area (Å²) in [5.41, 5.74) is 2.90. The molecule has 204 valence electrons. The van der Waals surface area contributed by atoms with Crippen molar-refractivity contribution in [1.82, 2.24) is 14.5 Å². The van der Waals surface area contributed by atoms with Crippen molar-refractivity contribution in [3.05, 3.63) is 142 Å². The molecule has 4 aromatic carbocycles. The lowest BCUT2D eigenvalue weighted by atomic mass is 10.0. The molecule has 1 amide bonds. The quantitative estimate of drug-likeness (QED) is 0.200. The van der Waals surface area contributed by atoms with Gasteiger partial charge in [-0.1, -0.05) is 68.4 Å². The molecule has 6 aromatic rings. The predicted octanol–water partition coefficient (Wildman–Crippen LogP) is 7.49. The molecule has 0 fully saturated rings. The zero-order valence-corrected chi connectivity index (χ0v) is 23.2. The summed E-state index contributed by atoms with van der Waals surface area (Å²) >= 11 is 0. The molecule has 41 heavy (non-hydrogen) atoms. The number of amides is 1. The zero-order chi connectivity index (χ0) is 28.3. The number of carbonyl (C=O) groups excluding carboxylic acids is 1. The van der Waals surface area contributed by atoms with E-state index >= 15 is 0 Å². The maximum absolute atomic E-state index is 14.3. The third-order valence-corrected chi connectivity index (χ3v) is 7.63. The summed E-state index contributed by atoms with van der Waals surface area (Å²) < 4.78 is 7.37. The Morgan fingerprint density at radius 3 is 2.37 bits per heavy atom. The van der Waals surface area contributed by atoms with Crippen LogP contribution in [0, 0.1) is 0 Å². The van der Waals surface area contributed by atoms with E-state index in [1.54, 1.807) is 21.8 Å². The Morgan fingerprint density at radius 1 is 0.878 bits per heavy atom. The van der Waals surface area contributed by atoms with Gasteiger partial charge in [-0.05, 0) is 77.7 Å². The van der Waals surface area contributed by atoms with E-state index in [0.717, 1.165) is 22.9 Å². The van der Waals surface area contributed by atoms with Gasteiger partial charge in [-0.15, -0.1) is 0 Å². The molecule has 0 saturated heterocycles. The number of hydrogen-bond donors (Lipinski definition) is 0. The van der Waals surface area contributed by atoms with Crippen LogP contribution in [0.1, 0.15) is 53.8 Å². The van der Waals surface area contributed by atoms with Crippen LogP contribution in [0.4, 0.5) is 0 Å². The van der Waals surface area contributed by atoms with Crippen LogP contribution >= 0.6 is 0 Å². The summed E-state index contributed by atoms with van der Waals surface area (Å²) in [4.78, 5) is 35.2. The summed E-state index contributed by atoms with van der Waals surface area (Å²) in [5.74, 6) is 1.01. The largest absolute Gasteiger partial charge is 0.467 e. The number of aromatic nitrogens is 2. The average Bonchev–Trinajstić information content (AvgIpc) is 3.54. The average molecular weight is 542 g/mol. The normalized spacial score (nSPS) is 12.0. The Morgan fingerprint density at radius 2 is 1.63 bits per heavy atom. The number of fused-ring (bicyclic) bond motifs is 2. The summed E-state index contributed by atoms with van der Waals surface area (Å²) in [6, 6.07) is 32.2. The standard InChI is InChI=1S/C35H31N3O3/c1-3-24-15-19-28(20-16-24)38-33(36-31-14-8-7-13-30(31)35(38)40)32(4-2)37(23-29-12-9-21-41-29)34(39)27-18-17-25-10-5-6-11-26(25)22-27/h5-22,32H,3-4,23H2,1-2H3. The molecule has 0 bridgehead atoms. The fraction of sp³-hybridized carbons (Fsp3) is 0.171. The Balaban J connectivity index is 1.54. The predicted molar refractivity (Wildman–Crippen MR) is 162 cm³/mol. The number of benzene rings is 4. The van der Waals surface area contributed by atoms with E-state index in [4.69, 9.17) is 9.40 Å². The topological polar surface area (TPSA) is 68.3 Å². The van der Waals surface area contributed by atoms with E-state index in [9.17, 15) is 9.59 Å². The molecule has 0 aliphatic rings. The molecule has 0 aliphatic heterocycles. The minimum Gasteiger partial charge on any atom is -0.467 e. The molecule has 0 radical (unpaired) electrons. The Kier molecular flexibility index (Phi) is 7.21. The number of hydrogen-bond acceptors (Lipinski definition) is 4. The van der Waals surface area contributed by atoms with Gasteiger partial charge in [0.1, 0.15) is 11.6 Å².